The molecule has 0 spiro atoms. The number of nitrogens with zero attached hydrogens (tertiary/aromatic N) is 3. The third-order valence-corrected chi connectivity index (χ3v) is 8.33. The molecule has 0 saturated carbocycles. The number of carbonyl (C=O) groups excluding carboxylic acids is 1. The largest absolute Gasteiger partial charge is 0.512 e. The van der Waals surface area contributed by atoms with Crippen LogP contribution in [0.1, 0.15) is 53.4 Å². The Balaban J connectivity index is 0.000000249. The zero-order valence-electron chi connectivity index (χ0n) is 25.2. The standard InChI is InChI=1S/C22H8F4N3.C13H24O2.Ir/c23-16-15-20(27-9-28-21(15)19(26)18(25)17(16)24)14-8-10-4-3-6-12-11-5-1-2-7-13(11)29(14)22(10)12;1-5-10(6-2)12(14)9-13(15)11(7-3)8-4;/h1-7,9H;9-11,14H,5-8H2,1-4H3;/q-1;;/b;12-9-;. The number of carbonyl (C=O) groups is 1. The van der Waals surface area contributed by atoms with Crippen molar-refractivity contribution in [3.63, 3.8) is 0 Å². The molecule has 0 amide bonds. The zero-order valence-corrected chi connectivity index (χ0v) is 27.6. The van der Waals surface area contributed by atoms with Gasteiger partial charge in [-0.25, -0.2) is 22.5 Å². The number of aliphatic hydroxyl groups is 1. The summed E-state index contributed by atoms with van der Waals surface area (Å²) in [4.78, 5) is 19.4. The molecular weight excluding hydrogens is 763 g/mol. The number of para-hydroxylation sites is 2. The van der Waals surface area contributed by atoms with Crippen LogP contribution in [-0.2, 0) is 24.9 Å². The fourth-order valence-corrected chi connectivity index (χ4v) is 5.83. The van der Waals surface area contributed by atoms with Gasteiger partial charge in [0.25, 0.3) is 0 Å². The fourth-order valence-electron chi connectivity index (χ4n) is 5.83. The molecule has 6 rings (SSSR count). The molecule has 10 heteroatoms. The van der Waals surface area contributed by atoms with Gasteiger partial charge in [-0.15, -0.1) is 23.6 Å². The van der Waals surface area contributed by atoms with E-state index in [0.29, 0.717) is 5.69 Å². The Hall–Kier alpha value is -3.88. The van der Waals surface area contributed by atoms with Gasteiger partial charge < -0.3 is 9.51 Å². The van der Waals surface area contributed by atoms with Crippen molar-refractivity contribution in [2.24, 2.45) is 11.8 Å². The second-order valence-corrected chi connectivity index (χ2v) is 10.7. The van der Waals surface area contributed by atoms with E-state index < -0.39 is 34.2 Å². The van der Waals surface area contributed by atoms with Crippen LogP contribution in [-0.4, -0.2) is 25.3 Å². The Bertz CT molecular complexity index is 2020. The monoisotopic (exact) mass is 795 g/mol. The van der Waals surface area contributed by atoms with Gasteiger partial charge in [-0.2, -0.15) is 0 Å². The first kappa shape index (κ1) is 34.0. The van der Waals surface area contributed by atoms with Gasteiger partial charge in [0.15, 0.2) is 29.1 Å². The maximum atomic E-state index is 14.7. The number of benzene rings is 3. The topological polar surface area (TPSA) is 67.5 Å². The van der Waals surface area contributed by atoms with Gasteiger partial charge in [-0.1, -0.05) is 52.0 Å². The molecule has 1 N–H and O–H groups in total. The Morgan fingerprint density at radius 2 is 1.47 bits per heavy atom. The molecule has 0 aliphatic rings. The van der Waals surface area contributed by atoms with Gasteiger partial charge in [0.05, 0.1) is 5.76 Å². The molecule has 0 bridgehead atoms. The molecule has 0 saturated heterocycles. The van der Waals surface area contributed by atoms with Gasteiger partial charge >= 0.3 is 0 Å². The predicted molar refractivity (Wildman–Crippen MR) is 165 cm³/mol. The molecule has 0 aliphatic carbocycles. The van der Waals surface area contributed by atoms with Crippen LogP contribution in [0, 0.1) is 41.2 Å². The maximum absolute atomic E-state index is 14.7. The van der Waals surface area contributed by atoms with Crippen LogP contribution in [0.3, 0.4) is 0 Å². The second kappa shape index (κ2) is 14.0. The number of ketones is 1. The molecule has 6 aromatic rings. The normalized spacial score (nSPS) is 12.0. The van der Waals surface area contributed by atoms with Crippen molar-refractivity contribution in [1.82, 2.24) is 14.4 Å². The Labute approximate surface area is 271 Å². The minimum absolute atomic E-state index is 0. The maximum Gasteiger partial charge on any atom is 0.199 e. The number of fused-ring (bicyclic) bond motifs is 4. The van der Waals surface area contributed by atoms with Crippen molar-refractivity contribution >= 4 is 43.9 Å². The summed E-state index contributed by atoms with van der Waals surface area (Å²) in [6.07, 6.45) is 5.90. The van der Waals surface area contributed by atoms with Gasteiger partial charge in [-0.05, 0) is 53.7 Å². The Kier molecular flexibility index (Phi) is 10.6. The molecule has 0 unspecified atom stereocenters. The van der Waals surface area contributed by atoms with Crippen molar-refractivity contribution < 1.29 is 47.6 Å². The molecule has 0 aliphatic heterocycles. The SMILES string of the molecule is CCC(CC)C(=O)/C=C(\O)C(CC)CC.Fc1c(F)c(F)c2c(-c3[c-]c4cccc5c6ccccc6n3c45)ncnc2c1F.[Ir]. The first-order valence-corrected chi connectivity index (χ1v) is 14.8. The third kappa shape index (κ3) is 5.93. The van der Waals surface area contributed by atoms with Crippen LogP contribution in [0.4, 0.5) is 17.6 Å². The van der Waals surface area contributed by atoms with Crippen LogP contribution in [0.25, 0.3) is 49.5 Å². The van der Waals surface area contributed by atoms with Gasteiger partial charge in [-0.3, -0.25) is 9.78 Å². The fraction of sp³-hybridized carbons (Fsp3) is 0.286. The summed E-state index contributed by atoms with van der Waals surface area (Å²) in [5.74, 6) is -6.34. The zero-order chi connectivity index (χ0) is 31.7. The van der Waals surface area contributed by atoms with Crippen LogP contribution >= 0.6 is 0 Å². The van der Waals surface area contributed by atoms with E-state index in [4.69, 9.17) is 0 Å². The number of aliphatic hydroxyl groups excluding tert-OH is 1. The molecule has 3 heterocycles. The number of aromatic nitrogens is 3. The van der Waals surface area contributed by atoms with Crippen molar-refractivity contribution in [1.29, 1.82) is 0 Å². The van der Waals surface area contributed by atoms with E-state index in [0.717, 1.165) is 59.2 Å². The van der Waals surface area contributed by atoms with E-state index in [2.05, 4.69) is 16.0 Å². The van der Waals surface area contributed by atoms with Gasteiger partial charge in [0.2, 0.25) is 0 Å². The average Bonchev–Trinajstić information content (AvgIpc) is 3.59. The van der Waals surface area contributed by atoms with Crippen LogP contribution < -0.4 is 0 Å². The first-order chi connectivity index (χ1) is 21.2. The third-order valence-electron chi connectivity index (χ3n) is 8.33. The number of rotatable bonds is 8. The van der Waals surface area contributed by atoms with E-state index in [-0.39, 0.29) is 49.2 Å². The Morgan fingerprint density at radius 3 is 2.13 bits per heavy atom. The molecule has 237 valence electrons. The van der Waals surface area contributed by atoms with E-state index >= 15 is 0 Å². The van der Waals surface area contributed by atoms with Crippen molar-refractivity contribution in [3.05, 3.63) is 90.0 Å². The van der Waals surface area contributed by atoms with Crippen LogP contribution in [0.5, 0.6) is 0 Å². The minimum Gasteiger partial charge on any atom is -0.512 e. The summed E-state index contributed by atoms with van der Waals surface area (Å²) in [6.45, 7) is 8.07. The molecular formula is C35H32F4IrN3O2-. The molecule has 45 heavy (non-hydrogen) atoms. The van der Waals surface area contributed by atoms with Crippen LogP contribution in [0.15, 0.2) is 60.6 Å². The van der Waals surface area contributed by atoms with E-state index in [9.17, 15) is 27.5 Å². The Morgan fingerprint density at radius 1 is 0.844 bits per heavy atom. The molecule has 0 atom stereocenters. The van der Waals surface area contributed by atoms with Crippen LogP contribution in [0.2, 0.25) is 0 Å². The number of halogens is 4. The number of hydrogen-bond acceptors (Lipinski definition) is 4. The molecule has 3 aromatic heterocycles. The molecule has 5 nitrogen and oxygen atoms in total. The first-order valence-electron chi connectivity index (χ1n) is 14.8. The van der Waals surface area contributed by atoms with Crippen molar-refractivity contribution in [3.8, 4) is 11.4 Å². The van der Waals surface area contributed by atoms with E-state index in [1.54, 1.807) is 0 Å². The van der Waals surface area contributed by atoms with Crippen molar-refractivity contribution in [2.75, 3.05) is 0 Å². The van der Waals surface area contributed by atoms with E-state index in [1.165, 1.54) is 6.08 Å². The number of hydrogen-bond donors (Lipinski definition) is 1. The quantitative estimate of drug-likeness (QED) is 0.0417. The summed E-state index contributed by atoms with van der Waals surface area (Å²) in [5.41, 5.74) is 1.27. The summed E-state index contributed by atoms with van der Waals surface area (Å²) in [6, 6.07) is 16.4. The average molecular weight is 795 g/mol. The summed E-state index contributed by atoms with van der Waals surface area (Å²) >= 11 is 0. The molecule has 0 fully saturated rings. The second-order valence-electron chi connectivity index (χ2n) is 10.7. The summed E-state index contributed by atoms with van der Waals surface area (Å²) in [7, 11) is 0. The molecule has 1 radical (unpaired) electrons. The molecule has 3 aromatic carbocycles. The van der Waals surface area contributed by atoms with Gasteiger partial charge in [0, 0.05) is 54.6 Å². The number of allylic oxidation sites excluding steroid dienone is 2. The smallest absolute Gasteiger partial charge is 0.199 e. The summed E-state index contributed by atoms with van der Waals surface area (Å²) in [5, 5.41) is 11.9. The summed E-state index contributed by atoms with van der Waals surface area (Å²) < 4.78 is 58.5. The minimum atomic E-state index is -1.90. The predicted octanol–water partition coefficient (Wildman–Crippen LogP) is 9.52. The van der Waals surface area contributed by atoms with E-state index in [1.807, 2.05) is 74.6 Å². The van der Waals surface area contributed by atoms with Crippen molar-refractivity contribution in [2.45, 2.75) is 53.4 Å². The van der Waals surface area contributed by atoms with Gasteiger partial charge in [0.1, 0.15) is 11.8 Å².